The Morgan fingerprint density at radius 1 is 1.23 bits per heavy atom. The Balaban J connectivity index is 2.10. The quantitative estimate of drug-likeness (QED) is 0.831. The maximum absolute atomic E-state index is 12.1. The van der Waals surface area contributed by atoms with Crippen LogP contribution in [0.3, 0.4) is 0 Å². The van der Waals surface area contributed by atoms with E-state index in [9.17, 15) is 9.59 Å². The highest BCUT2D eigenvalue weighted by molar-refractivity contribution is 6.30. The average Bonchev–Trinajstić information content (AvgIpc) is 3.05. The molecule has 1 atom stereocenters. The molecule has 0 bridgehead atoms. The Bertz CT molecular complexity index is 623. The second-order valence-corrected chi connectivity index (χ2v) is 5.19. The van der Waals surface area contributed by atoms with Gasteiger partial charge in [0.25, 0.3) is 0 Å². The van der Waals surface area contributed by atoms with Crippen molar-refractivity contribution in [2.75, 3.05) is 13.7 Å². The highest BCUT2D eigenvalue weighted by Gasteiger charge is 2.17. The molecule has 22 heavy (non-hydrogen) atoms. The first-order valence-corrected chi connectivity index (χ1v) is 7.19. The molecule has 1 heterocycles. The Kier molecular flexibility index (Phi) is 5.61. The van der Waals surface area contributed by atoms with Crippen molar-refractivity contribution in [2.24, 2.45) is 0 Å². The van der Waals surface area contributed by atoms with Crippen LogP contribution in [0, 0.1) is 0 Å². The Hall–Kier alpha value is -2.27. The number of carbonyl (C=O) groups is 2. The maximum Gasteiger partial charge on any atom is 0.325 e. The summed E-state index contributed by atoms with van der Waals surface area (Å²) in [5.74, 6) is -0.698. The molecule has 0 aliphatic carbocycles. The van der Waals surface area contributed by atoms with Gasteiger partial charge in [-0.3, -0.25) is 9.59 Å². The van der Waals surface area contributed by atoms with Crippen LogP contribution in [0.15, 0.2) is 48.8 Å². The van der Waals surface area contributed by atoms with Gasteiger partial charge in [-0.25, -0.2) is 0 Å². The van der Waals surface area contributed by atoms with Crippen molar-refractivity contribution in [2.45, 2.75) is 12.5 Å². The first kappa shape index (κ1) is 16.1. The second kappa shape index (κ2) is 7.66. The summed E-state index contributed by atoms with van der Waals surface area (Å²) in [5.41, 5.74) is 0.966. The lowest BCUT2D eigenvalue weighted by Crippen LogP contribution is -2.32. The number of nitrogens with zero attached hydrogens (tertiary/aromatic N) is 1. The fourth-order valence-electron chi connectivity index (χ4n) is 2.13. The van der Waals surface area contributed by atoms with Gasteiger partial charge in [-0.15, -0.1) is 0 Å². The summed E-state index contributed by atoms with van der Waals surface area (Å²) in [6, 6.07) is 11.0. The molecule has 0 aliphatic heterocycles. The van der Waals surface area contributed by atoms with Crippen LogP contribution in [0.5, 0.6) is 0 Å². The van der Waals surface area contributed by atoms with Gasteiger partial charge in [0.15, 0.2) is 0 Å². The van der Waals surface area contributed by atoms with Gasteiger partial charge < -0.3 is 14.6 Å². The van der Waals surface area contributed by atoms with Gasteiger partial charge >= 0.3 is 5.97 Å². The monoisotopic (exact) mass is 320 g/mol. The molecule has 1 amide bonds. The van der Waals surface area contributed by atoms with Crippen molar-refractivity contribution < 1.29 is 14.3 Å². The number of esters is 1. The van der Waals surface area contributed by atoms with Gasteiger partial charge in [0, 0.05) is 17.4 Å². The number of nitrogens with one attached hydrogen (secondary N) is 1. The number of ether oxygens (including phenoxy) is 1. The van der Waals surface area contributed by atoms with E-state index in [-0.39, 0.29) is 24.9 Å². The molecular weight excluding hydrogens is 304 g/mol. The van der Waals surface area contributed by atoms with Crippen LogP contribution in [-0.4, -0.2) is 30.1 Å². The van der Waals surface area contributed by atoms with Crippen molar-refractivity contribution in [3.8, 4) is 0 Å². The van der Waals surface area contributed by atoms with Crippen molar-refractivity contribution in [3.05, 3.63) is 59.4 Å². The van der Waals surface area contributed by atoms with Crippen molar-refractivity contribution in [1.82, 2.24) is 9.88 Å². The summed E-state index contributed by atoms with van der Waals surface area (Å²) in [6.45, 7) is -0.131. The molecule has 2 rings (SSSR count). The predicted molar refractivity (Wildman–Crippen MR) is 83.7 cm³/mol. The van der Waals surface area contributed by atoms with Crippen LogP contribution < -0.4 is 5.32 Å². The molecule has 1 aromatic carbocycles. The van der Waals surface area contributed by atoms with Gasteiger partial charge in [0.05, 0.1) is 19.6 Å². The lowest BCUT2D eigenvalue weighted by atomic mass is 10.0. The molecule has 1 N–H and O–H groups in total. The van der Waals surface area contributed by atoms with Gasteiger partial charge in [-0.05, 0) is 29.8 Å². The van der Waals surface area contributed by atoms with Crippen LogP contribution in [0.25, 0.3) is 0 Å². The van der Waals surface area contributed by atoms with Gasteiger partial charge in [0.2, 0.25) is 5.91 Å². The number of rotatable bonds is 6. The van der Waals surface area contributed by atoms with E-state index in [4.69, 9.17) is 11.6 Å². The fraction of sp³-hybridized carbons (Fsp3) is 0.250. The minimum absolute atomic E-state index is 0.131. The Morgan fingerprint density at radius 2 is 1.86 bits per heavy atom. The topological polar surface area (TPSA) is 60.3 Å². The van der Waals surface area contributed by atoms with Crippen LogP contribution in [0.1, 0.15) is 18.0 Å². The number of halogens is 1. The Morgan fingerprint density at radius 3 is 2.45 bits per heavy atom. The molecule has 5 nitrogen and oxygen atoms in total. The van der Waals surface area contributed by atoms with E-state index in [1.165, 1.54) is 7.11 Å². The number of benzene rings is 1. The normalized spacial score (nSPS) is 11.7. The van der Waals surface area contributed by atoms with E-state index in [2.05, 4.69) is 10.1 Å². The van der Waals surface area contributed by atoms with E-state index >= 15 is 0 Å². The van der Waals surface area contributed by atoms with Crippen LogP contribution in [0.2, 0.25) is 5.02 Å². The molecule has 2 aromatic rings. The summed E-state index contributed by atoms with van der Waals surface area (Å²) < 4.78 is 6.45. The first-order chi connectivity index (χ1) is 10.6. The summed E-state index contributed by atoms with van der Waals surface area (Å²) in [4.78, 5) is 23.1. The van der Waals surface area contributed by atoms with Gasteiger partial charge in [-0.1, -0.05) is 23.7 Å². The molecule has 0 fully saturated rings. The minimum Gasteiger partial charge on any atom is -0.468 e. The summed E-state index contributed by atoms with van der Waals surface area (Å²) in [5, 5.41) is 3.20. The summed E-state index contributed by atoms with van der Waals surface area (Å²) >= 11 is 5.91. The molecule has 6 heteroatoms. The number of aromatic nitrogens is 1. The molecule has 0 saturated carbocycles. The van der Waals surface area contributed by atoms with Crippen molar-refractivity contribution in [1.29, 1.82) is 0 Å². The molecule has 0 radical (unpaired) electrons. The lowest BCUT2D eigenvalue weighted by Gasteiger charge is -2.19. The fourth-order valence-corrected chi connectivity index (χ4v) is 2.25. The minimum atomic E-state index is -0.475. The standard InChI is InChI=1S/C16H17ClN2O3/c1-22-16(21)11-18-15(20)10-14(19-8-2-3-9-19)12-4-6-13(17)7-5-12/h2-9,14H,10-11H2,1H3,(H,18,20)/t14-/m0/s1. The number of hydrogen-bond acceptors (Lipinski definition) is 3. The number of hydrogen-bond donors (Lipinski definition) is 1. The van der Waals surface area contributed by atoms with E-state index in [1.807, 2.05) is 41.2 Å². The van der Waals surface area contributed by atoms with E-state index in [0.717, 1.165) is 5.56 Å². The molecule has 0 aliphatic rings. The molecular formula is C16H17ClN2O3. The average molecular weight is 321 g/mol. The third-order valence-corrected chi connectivity index (χ3v) is 3.53. The predicted octanol–water partition coefficient (Wildman–Crippen LogP) is 2.41. The number of amides is 1. The van der Waals surface area contributed by atoms with Crippen LogP contribution >= 0.6 is 11.6 Å². The highest BCUT2D eigenvalue weighted by atomic mass is 35.5. The highest BCUT2D eigenvalue weighted by Crippen LogP contribution is 2.23. The van der Waals surface area contributed by atoms with Crippen LogP contribution in [0.4, 0.5) is 0 Å². The van der Waals surface area contributed by atoms with E-state index < -0.39 is 5.97 Å². The molecule has 0 spiro atoms. The first-order valence-electron chi connectivity index (χ1n) is 6.81. The summed E-state index contributed by atoms with van der Waals surface area (Å²) in [6.07, 6.45) is 4.01. The number of carbonyl (C=O) groups excluding carboxylic acids is 2. The van der Waals surface area contributed by atoms with Crippen molar-refractivity contribution >= 4 is 23.5 Å². The summed E-state index contributed by atoms with van der Waals surface area (Å²) in [7, 11) is 1.28. The third-order valence-electron chi connectivity index (χ3n) is 3.28. The van der Waals surface area contributed by atoms with E-state index in [0.29, 0.717) is 5.02 Å². The smallest absolute Gasteiger partial charge is 0.325 e. The lowest BCUT2D eigenvalue weighted by molar-refractivity contribution is -0.141. The zero-order chi connectivity index (χ0) is 15.9. The molecule has 0 unspecified atom stereocenters. The van der Waals surface area contributed by atoms with Crippen LogP contribution in [-0.2, 0) is 14.3 Å². The second-order valence-electron chi connectivity index (χ2n) is 4.75. The third kappa shape index (κ3) is 4.36. The Labute approximate surface area is 133 Å². The zero-order valence-corrected chi connectivity index (χ0v) is 12.9. The maximum atomic E-state index is 12.1. The molecule has 116 valence electrons. The SMILES string of the molecule is COC(=O)CNC(=O)C[C@@H](c1ccc(Cl)cc1)n1cccc1. The van der Waals surface area contributed by atoms with Crippen molar-refractivity contribution in [3.63, 3.8) is 0 Å². The molecule has 1 aromatic heterocycles. The largest absolute Gasteiger partial charge is 0.468 e. The number of methoxy groups -OCH3 is 1. The molecule has 0 saturated heterocycles. The van der Waals surface area contributed by atoms with E-state index in [1.54, 1.807) is 12.1 Å². The van der Waals surface area contributed by atoms with Gasteiger partial charge in [0.1, 0.15) is 6.54 Å². The van der Waals surface area contributed by atoms with Gasteiger partial charge in [-0.2, -0.15) is 0 Å². The zero-order valence-electron chi connectivity index (χ0n) is 12.2.